The van der Waals surface area contributed by atoms with E-state index in [-0.39, 0.29) is 25.2 Å². The Kier molecular flexibility index (Phi) is 9.44. The molecule has 0 aromatic heterocycles. The number of nitrogens with zero attached hydrogens (tertiary/aromatic N) is 2. The van der Waals surface area contributed by atoms with E-state index in [2.05, 4.69) is 0 Å². The smallest absolute Gasteiger partial charge is 0.330 e. The van der Waals surface area contributed by atoms with Crippen LogP contribution in [0.2, 0.25) is 0 Å². The van der Waals surface area contributed by atoms with E-state index in [1.54, 1.807) is 70.7 Å². The summed E-state index contributed by atoms with van der Waals surface area (Å²) in [5.41, 5.74) is -2.73. The third kappa shape index (κ3) is 6.45. The highest BCUT2D eigenvalue weighted by atomic mass is 16.4. The summed E-state index contributed by atoms with van der Waals surface area (Å²) < 4.78 is 0. The highest BCUT2D eigenvalue weighted by Gasteiger charge is 2.58. The zero-order chi connectivity index (χ0) is 25.6. The van der Waals surface area contributed by atoms with Gasteiger partial charge >= 0.3 is 11.9 Å². The van der Waals surface area contributed by atoms with Crippen LogP contribution in [0.5, 0.6) is 0 Å². The van der Waals surface area contributed by atoms with E-state index in [0.717, 1.165) is 0 Å². The number of carbonyl (C=O) groups is 3. The van der Waals surface area contributed by atoms with Crippen LogP contribution in [0.4, 0.5) is 5.69 Å². The summed E-state index contributed by atoms with van der Waals surface area (Å²) in [6.45, 7) is 10.7. The predicted molar refractivity (Wildman–Crippen MR) is 125 cm³/mol. The lowest BCUT2D eigenvalue weighted by molar-refractivity contribution is -0.164. The van der Waals surface area contributed by atoms with Crippen molar-refractivity contribution in [3.8, 4) is 0 Å². The summed E-state index contributed by atoms with van der Waals surface area (Å²) >= 11 is 0. The first kappa shape index (κ1) is 28.4. The van der Waals surface area contributed by atoms with E-state index in [4.69, 9.17) is 0 Å². The van der Waals surface area contributed by atoms with Crippen LogP contribution in [-0.4, -0.2) is 80.6 Å². The van der Waals surface area contributed by atoms with Crippen molar-refractivity contribution in [3.05, 3.63) is 29.8 Å². The van der Waals surface area contributed by atoms with Crippen molar-refractivity contribution >= 4 is 23.5 Å². The summed E-state index contributed by atoms with van der Waals surface area (Å²) in [4.78, 5) is 41.0. The van der Waals surface area contributed by atoms with E-state index in [9.17, 15) is 34.8 Å². The molecule has 1 amide bonds. The molecule has 0 aliphatic heterocycles. The largest absolute Gasteiger partial charge is 0.481 e. The molecule has 33 heavy (non-hydrogen) atoms. The van der Waals surface area contributed by atoms with Crippen molar-refractivity contribution < 1.29 is 34.8 Å². The minimum Gasteiger partial charge on any atom is -0.481 e. The van der Waals surface area contributed by atoms with E-state index in [1.807, 2.05) is 0 Å². The zero-order valence-electron chi connectivity index (χ0n) is 20.5. The molecule has 0 saturated carbocycles. The van der Waals surface area contributed by atoms with E-state index in [1.165, 1.54) is 4.90 Å². The van der Waals surface area contributed by atoms with Crippen molar-refractivity contribution in [1.82, 2.24) is 4.90 Å². The van der Waals surface area contributed by atoms with Gasteiger partial charge in [0.1, 0.15) is 5.54 Å². The Morgan fingerprint density at radius 1 is 0.848 bits per heavy atom. The lowest BCUT2D eigenvalue weighted by Crippen LogP contribution is -2.69. The molecule has 4 N–H and O–H groups in total. The van der Waals surface area contributed by atoms with Gasteiger partial charge in [0.25, 0.3) is 5.91 Å². The van der Waals surface area contributed by atoms with Crippen LogP contribution >= 0.6 is 0 Å². The zero-order valence-corrected chi connectivity index (χ0v) is 20.5. The maximum atomic E-state index is 13.8. The van der Waals surface area contributed by atoms with E-state index >= 15 is 0 Å². The average molecular weight is 467 g/mol. The van der Waals surface area contributed by atoms with Gasteiger partial charge in [-0.2, -0.15) is 0 Å². The van der Waals surface area contributed by atoms with Gasteiger partial charge in [0.2, 0.25) is 0 Å². The molecule has 0 heterocycles. The van der Waals surface area contributed by atoms with Crippen LogP contribution in [0, 0.1) is 5.41 Å². The van der Waals surface area contributed by atoms with Crippen molar-refractivity contribution in [1.29, 1.82) is 0 Å². The Hall–Kier alpha value is -2.65. The van der Waals surface area contributed by atoms with Gasteiger partial charge in [0, 0.05) is 36.3 Å². The second kappa shape index (κ2) is 11.0. The summed E-state index contributed by atoms with van der Waals surface area (Å²) in [6, 6.07) is 6.50. The lowest BCUT2D eigenvalue weighted by Gasteiger charge is -2.54. The van der Waals surface area contributed by atoms with Gasteiger partial charge in [0.15, 0.2) is 0 Å². The molecule has 9 nitrogen and oxygen atoms in total. The fraction of sp³-hybridized carbons (Fsp3) is 0.625. The van der Waals surface area contributed by atoms with Crippen molar-refractivity contribution in [2.45, 2.75) is 65.5 Å². The highest BCUT2D eigenvalue weighted by molar-refractivity contribution is 5.99. The van der Waals surface area contributed by atoms with Crippen molar-refractivity contribution in [3.63, 3.8) is 0 Å². The fourth-order valence-electron chi connectivity index (χ4n) is 4.24. The normalized spacial score (nSPS) is 13.8. The van der Waals surface area contributed by atoms with Gasteiger partial charge in [-0.1, -0.05) is 20.8 Å². The van der Waals surface area contributed by atoms with Crippen molar-refractivity contribution in [2.24, 2.45) is 5.41 Å². The second-order valence-electron chi connectivity index (χ2n) is 10.1. The minimum absolute atomic E-state index is 0.102. The first-order valence-corrected chi connectivity index (χ1v) is 11.0. The Bertz CT molecular complexity index is 819. The van der Waals surface area contributed by atoms with Crippen LogP contribution in [0.3, 0.4) is 0 Å². The van der Waals surface area contributed by atoms with E-state index in [0.29, 0.717) is 18.8 Å². The minimum atomic E-state index is -1.78. The van der Waals surface area contributed by atoms with Crippen molar-refractivity contribution in [2.75, 3.05) is 31.2 Å². The molecular formula is C24H38N2O7. The number of hydrogen-bond donors (Lipinski definition) is 4. The number of anilines is 1. The lowest BCUT2D eigenvalue weighted by atomic mass is 9.67. The Labute approximate surface area is 195 Å². The van der Waals surface area contributed by atoms with Crippen LogP contribution in [-0.2, 0) is 9.59 Å². The van der Waals surface area contributed by atoms with Crippen LogP contribution < -0.4 is 4.90 Å². The molecule has 1 atom stereocenters. The van der Waals surface area contributed by atoms with Gasteiger partial charge in [-0.15, -0.1) is 0 Å². The molecule has 0 radical (unpaired) electrons. The summed E-state index contributed by atoms with van der Waals surface area (Å²) in [6.07, 6.45) is -0.650. The summed E-state index contributed by atoms with van der Waals surface area (Å²) in [5, 5.41) is 38.2. The number of benzene rings is 1. The maximum Gasteiger partial charge on any atom is 0.330 e. The number of carboxylic acids is 2. The molecule has 0 unspecified atom stereocenters. The molecule has 1 rings (SSSR count). The number of aliphatic carboxylic acids is 2. The van der Waals surface area contributed by atoms with Gasteiger partial charge in [-0.25, -0.2) is 4.79 Å². The van der Waals surface area contributed by atoms with Crippen LogP contribution in [0.1, 0.15) is 64.7 Å². The molecule has 0 bridgehead atoms. The van der Waals surface area contributed by atoms with Crippen LogP contribution in [0.25, 0.3) is 0 Å². The van der Waals surface area contributed by atoms with Gasteiger partial charge < -0.3 is 30.2 Å². The topological polar surface area (TPSA) is 139 Å². The molecule has 0 saturated heterocycles. The van der Waals surface area contributed by atoms with Gasteiger partial charge in [0.05, 0.1) is 13.2 Å². The Morgan fingerprint density at radius 3 is 1.67 bits per heavy atom. The standard InChI is InChI=1S/C24H38N2O7/c1-22(2,3)24(21(32)33,12-11-19(29)30)26(23(4,5)6)20(31)17-7-9-18(10-8-17)25(13-15-27)14-16-28/h7-10,27-28H,11-16H2,1-6H3,(H,29,30)(H,32,33)/t24-/m0/s1. The molecule has 186 valence electrons. The molecule has 1 aromatic rings. The monoisotopic (exact) mass is 466 g/mol. The molecule has 1 aromatic carbocycles. The third-order valence-corrected chi connectivity index (χ3v) is 5.77. The number of carbonyl (C=O) groups excluding carboxylic acids is 1. The maximum absolute atomic E-state index is 13.8. The number of rotatable bonds is 11. The molecule has 9 heteroatoms. The number of aliphatic hydroxyl groups is 2. The van der Waals surface area contributed by atoms with Gasteiger partial charge in [-0.05, 0) is 56.9 Å². The number of hydrogen-bond acceptors (Lipinski definition) is 6. The first-order valence-electron chi connectivity index (χ1n) is 11.0. The highest BCUT2D eigenvalue weighted by Crippen LogP contribution is 2.44. The summed E-state index contributed by atoms with van der Waals surface area (Å²) in [5.74, 6) is -2.91. The fourth-order valence-corrected chi connectivity index (χ4v) is 4.24. The predicted octanol–water partition coefficient (Wildman–Crippen LogP) is 2.45. The molecular weight excluding hydrogens is 428 g/mol. The molecule has 0 aliphatic carbocycles. The summed E-state index contributed by atoms with van der Waals surface area (Å²) in [7, 11) is 0. The number of carboxylic acid groups (broad SMARTS) is 2. The average Bonchev–Trinajstić information content (AvgIpc) is 2.68. The number of amides is 1. The third-order valence-electron chi connectivity index (χ3n) is 5.77. The van der Waals surface area contributed by atoms with E-state index < -0.39 is 40.8 Å². The SMILES string of the molecule is CC(C)(C)N(C(=O)c1ccc(N(CCO)CCO)cc1)[C@@](CCC(=O)O)(C(=O)O)C(C)(C)C. The Balaban J connectivity index is 3.59. The molecule has 0 spiro atoms. The molecule has 0 aliphatic rings. The quantitative estimate of drug-likeness (QED) is 0.390. The molecule has 0 fully saturated rings. The Morgan fingerprint density at radius 2 is 1.33 bits per heavy atom. The van der Waals surface area contributed by atoms with Crippen LogP contribution in [0.15, 0.2) is 24.3 Å². The second-order valence-corrected chi connectivity index (χ2v) is 10.1. The number of aliphatic hydroxyl groups excluding tert-OH is 2. The van der Waals surface area contributed by atoms with Gasteiger partial charge in [-0.3, -0.25) is 9.59 Å². The first-order chi connectivity index (χ1) is 15.1.